The molecule has 5 heteroatoms. The quantitative estimate of drug-likeness (QED) is 0.499. The summed E-state index contributed by atoms with van der Waals surface area (Å²) in [7, 11) is 0. The number of ketones is 1. The number of benzene rings is 1. The zero-order valence-electron chi connectivity index (χ0n) is 12.3. The number of ether oxygens (including phenoxy) is 1. The Labute approximate surface area is 125 Å². The Morgan fingerprint density at radius 1 is 1.10 bits per heavy atom. The van der Waals surface area contributed by atoms with Gasteiger partial charge in [0.05, 0.1) is 6.04 Å². The van der Waals surface area contributed by atoms with E-state index in [-0.39, 0.29) is 18.4 Å². The fourth-order valence-electron chi connectivity index (χ4n) is 1.90. The first-order valence-corrected chi connectivity index (χ1v) is 7.31. The number of hydrogen-bond acceptors (Lipinski definition) is 5. The van der Waals surface area contributed by atoms with Crippen LogP contribution in [0.2, 0.25) is 0 Å². The largest absolute Gasteiger partial charge is 0.458 e. The van der Waals surface area contributed by atoms with E-state index in [4.69, 9.17) is 16.2 Å². The minimum absolute atomic E-state index is 0.246. The number of hydrogen-bond donors (Lipinski definition) is 2. The van der Waals surface area contributed by atoms with Crippen LogP contribution in [-0.2, 0) is 20.7 Å². The zero-order valence-corrected chi connectivity index (χ0v) is 12.3. The van der Waals surface area contributed by atoms with Gasteiger partial charge in [-0.25, -0.2) is 0 Å². The third kappa shape index (κ3) is 7.58. The van der Waals surface area contributed by atoms with Gasteiger partial charge in [-0.1, -0.05) is 36.8 Å². The van der Waals surface area contributed by atoms with Crippen molar-refractivity contribution in [3.05, 3.63) is 35.9 Å². The van der Waals surface area contributed by atoms with Crippen molar-refractivity contribution in [1.82, 2.24) is 0 Å². The third-order valence-corrected chi connectivity index (χ3v) is 3.17. The molecule has 1 aromatic rings. The fourth-order valence-corrected chi connectivity index (χ4v) is 1.90. The highest BCUT2D eigenvalue weighted by molar-refractivity contribution is 5.87. The molecule has 0 bridgehead atoms. The summed E-state index contributed by atoms with van der Waals surface area (Å²) in [4.78, 5) is 23.3. The van der Waals surface area contributed by atoms with Crippen molar-refractivity contribution in [1.29, 1.82) is 0 Å². The van der Waals surface area contributed by atoms with E-state index >= 15 is 0 Å². The Balaban J connectivity index is 2.22. The predicted molar refractivity (Wildman–Crippen MR) is 81.6 cm³/mol. The molecule has 4 N–H and O–H groups in total. The minimum atomic E-state index is -0.641. The maximum Gasteiger partial charge on any atom is 0.306 e. The van der Waals surface area contributed by atoms with Crippen LogP contribution in [0.15, 0.2) is 30.3 Å². The number of rotatable bonds is 10. The Kier molecular flexibility index (Phi) is 8.31. The van der Waals surface area contributed by atoms with Gasteiger partial charge in [0.15, 0.2) is 12.4 Å². The number of esters is 1. The van der Waals surface area contributed by atoms with Crippen LogP contribution in [-0.4, -0.2) is 30.9 Å². The first kappa shape index (κ1) is 17.3. The molecule has 21 heavy (non-hydrogen) atoms. The lowest BCUT2D eigenvalue weighted by molar-refractivity contribution is -0.148. The summed E-state index contributed by atoms with van der Waals surface area (Å²) in [5.74, 6) is -0.610. The average molecular weight is 292 g/mol. The Morgan fingerprint density at radius 3 is 2.48 bits per heavy atom. The highest BCUT2D eigenvalue weighted by Crippen LogP contribution is 2.04. The second-order valence-corrected chi connectivity index (χ2v) is 5.02. The number of nitrogens with two attached hydrogens (primary N) is 2. The summed E-state index contributed by atoms with van der Waals surface area (Å²) in [6.07, 6.45) is 3.30. The molecule has 5 nitrogen and oxygen atoms in total. The number of carbonyl (C=O) groups is 2. The molecule has 0 amide bonds. The molecule has 0 aliphatic carbocycles. The molecule has 0 fully saturated rings. The van der Waals surface area contributed by atoms with Crippen molar-refractivity contribution < 1.29 is 14.3 Å². The highest BCUT2D eigenvalue weighted by Gasteiger charge is 2.16. The van der Waals surface area contributed by atoms with Gasteiger partial charge in [-0.3, -0.25) is 9.59 Å². The summed E-state index contributed by atoms with van der Waals surface area (Å²) >= 11 is 0. The van der Waals surface area contributed by atoms with Crippen LogP contribution in [0, 0.1) is 0 Å². The van der Waals surface area contributed by atoms with E-state index < -0.39 is 6.04 Å². The van der Waals surface area contributed by atoms with Gasteiger partial charge in [-0.2, -0.15) is 0 Å². The Hall–Kier alpha value is -1.72. The van der Waals surface area contributed by atoms with Crippen LogP contribution >= 0.6 is 0 Å². The van der Waals surface area contributed by atoms with Crippen molar-refractivity contribution >= 4 is 11.8 Å². The summed E-state index contributed by atoms with van der Waals surface area (Å²) in [5.41, 5.74) is 12.2. The first-order chi connectivity index (χ1) is 10.1. The van der Waals surface area contributed by atoms with Crippen LogP contribution < -0.4 is 11.5 Å². The van der Waals surface area contributed by atoms with Gasteiger partial charge in [-0.15, -0.1) is 0 Å². The molecule has 1 rings (SSSR count). The summed E-state index contributed by atoms with van der Waals surface area (Å²) in [6.45, 7) is 0.381. The van der Waals surface area contributed by atoms with E-state index in [1.165, 1.54) is 0 Å². The maximum atomic E-state index is 11.8. The zero-order chi connectivity index (χ0) is 15.5. The number of Topliss-reactive ketones (excluding diaryl/α,β-unsaturated/α-hetero) is 1. The van der Waals surface area contributed by atoms with Gasteiger partial charge in [0, 0.05) is 6.42 Å². The van der Waals surface area contributed by atoms with E-state index in [1.54, 1.807) is 0 Å². The molecule has 116 valence electrons. The molecule has 0 heterocycles. The number of carbonyl (C=O) groups excluding carboxylic acids is 2. The van der Waals surface area contributed by atoms with Gasteiger partial charge >= 0.3 is 5.97 Å². The molecule has 0 aliphatic heterocycles. The third-order valence-electron chi connectivity index (χ3n) is 3.17. The molecular formula is C16H24N2O3. The number of unbranched alkanes of at least 4 members (excludes halogenated alkanes) is 2. The lowest BCUT2D eigenvalue weighted by Gasteiger charge is -2.11. The van der Waals surface area contributed by atoms with Gasteiger partial charge in [0.2, 0.25) is 0 Å². The van der Waals surface area contributed by atoms with Crippen LogP contribution in [0.4, 0.5) is 0 Å². The van der Waals surface area contributed by atoms with E-state index in [2.05, 4.69) is 0 Å². The normalized spacial score (nSPS) is 11.9. The minimum Gasteiger partial charge on any atom is -0.458 e. The lowest BCUT2D eigenvalue weighted by Crippen LogP contribution is -2.36. The molecular weight excluding hydrogens is 268 g/mol. The second-order valence-electron chi connectivity index (χ2n) is 5.02. The van der Waals surface area contributed by atoms with Crippen LogP contribution in [0.5, 0.6) is 0 Å². The summed E-state index contributed by atoms with van der Waals surface area (Å²) in [5, 5.41) is 0. The SMILES string of the molecule is NCCCCCC(=O)OCC(=O)[C@@H](N)Cc1ccccc1. The Morgan fingerprint density at radius 2 is 1.81 bits per heavy atom. The molecule has 0 radical (unpaired) electrons. The van der Waals surface area contributed by atoms with Crippen molar-refractivity contribution in [2.24, 2.45) is 11.5 Å². The molecule has 0 aromatic heterocycles. The van der Waals surface area contributed by atoms with Gasteiger partial charge in [0.1, 0.15) is 0 Å². The van der Waals surface area contributed by atoms with Crippen molar-refractivity contribution in [3.63, 3.8) is 0 Å². The van der Waals surface area contributed by atoms with E-state index in [1.807, 2.05) is 30.3 Å². The van der Waals surface area contributed by atoms with Crippen LogP contribution in [0.1, 0.15) is 31.2 Å². The van der Waals surface area contributed by atoms with Gasteiger partial charge in [-0.05, 0) is 31.4 Å². The van der Waals surface area contributed by atoms with Crippen molar-refractivity contribution in [2.45, 2.75) is 38.1 Å². The van der Waals surface area contributed by atoms with Crippen molar-refractivity contribution in [2.75, 3.05) is 13.2 Å². The molecule has 1 aromatic carbocycles. The standard InChI is InChI=1S/C16H24N2O3/c17-10-6-2-5-9-16(20)21-12-15(19)14(18)11-13-7-3-1-4-8-13/h1,3-4,7-8,14H,2,5-6,9-12,17-18H2/t14-/m0/s1. The highest BCUT2D eigenvalue weighted by atomic mass is 16.5. The summed E-state index contributed by atoms with van der Waals surface area (Å²) in [6, 6.07) is 8.88. The topological polar surface area (TPSA) is 95.4 Å². The van der Waals surface area contributed by atoms with Gasteiger partial charge in [0.25, 0.3) is 0 Å². The van der Waals surface area contributed by atoms with E-state index in [0.29, 0.717) is 19.4 Å². The van der Waals surface area contributed by atoms with Crippen molar-refractivity contribution in [3.8, 4) is 0 Å². The first-order valence-electron chi connectivity index (χ1n) is 7.31. The van der Waals surface area contributed by atoms with Gasteiger partial charge < -0.3 is 16.2 Å². The smallest absolute Gasteiger partial charge is 0.306 e. The monoisotopic (exact) mass is 292 g/mol. The molecule has 0 aliphatic rings. The summed E-state index contributed by atoms with van der Waals surface area (Å²) < 4.78 is 4.94. The van der Waals surface area contributed by atoms with E-state index in [9.17, 15) is 9.59 Å². The lowest BCUT2D eigenvalue weighted by atomic mass is 10.0. The van der Waals surface area contributed by atoms with Crippen LogP contribution in [0.25, 0.3) is 0 Å². The molecule has 1 atom stereocenters. The van der Waals surface area contributed by atoms with E-state index in [0.717, 1.165) is 24.8 Å². The molecule has 0 saturated heterocycles. The fraction of sp³-hybridized carbons (Fsp3) is 0.500. The molecule has 0 unspecified atom stereocenters. The maximum absolute atomic E-state index is 11.8. The molecule has 0 saturated carbocycles. The molecule has 0 spiro atoms. The predicted octanol–water partition coefficient (Wildman–Crippen LogP) is 1.19. The second kappa shape index (κ2) is 10.1. The van der Waals surface area contributed by atoms with Crippen LogP contribution in [0.3, 0.4) is 0 Å². The average Bonchev–Trinajstić information content (AvgIpc) is 2.50. The Bertz CT molecular complexity index is 434.